The minimum atomic E-state index is -5.39. The van der Waals surface area contributed by atoms with Crippen LogP contribution in [0.15, 0.2) is 0 Å². The minimum Gasteiger partial charge on any atom is -0.822 e. The van der Waals surface area contributed by atoms with Crippen LogP contribution in [0.4, 0.5) is 0 Å². The first-order chi connectivity index (χ1) is 3.00. The molecule has 0 aliphatic rings. The van der Waals surface area contributed by atoms with Crippen LogP contribution in [-0.4, -0.2) is 6.79 Å². The molecule has 0 atom stereocenters. The van der Waals surface area contributed by atoms with Crippen molar-refractivity contribution in [3.05, 3.63) is 0 Å². The fourth-order valence-electron chi connectivity index (χ4n) is 0. The van der Waals surface area contributed by atoms with Crippen LogP contribution in [0.1, 0.15) is 0 Å². The Labute approximate surface area is 56.4 Å². The van der Waals surface area contributed by atoms with E-state index in [2.05, 4.69) is 0 Å². The molecule has 0 bridgehead atoms. The molecule has 1 radical (unpaired) electrons. The van der Waals surface area contributed by atoms with Crippen LogP contribution in [0.25, 0.3) is 0 Å². The van der Waals surface area contributed by atoms with Crippen LogP contribution in [0.5, 0.6) is 0 Å². The summed E-state index contributed by atoms with van der Waals surface area (Å²) in [5, 5.41) is 0. The smallest absolute Gasteiger partial charge is 0.822 e. The van der Waals surface area contributed by atoms with Gasteiger partial charge in [0.15, 0.2) is 0 Å². The third kappa shape index (κ3) is 1970. The molecule has 0 rings (SSSR count). The first-order valence-corrected chi connectivity index (χ1v) is 2.48. The third-order valence-corrected chi connectivity index (χ3v) is 0. The Hall–Kier alpha value is 0.299. The average molecular weight is 181 g/mol. The van der Waals surface area contributed by atoms with Crippen molar-refractivity contribution in [2.24, 2.45) is 0 Å². The van der Waals surface area contributed by atoms with Crippen molar-refractivity contribution >= 4 is 14.6 Å². The molecule has 8 heavy (non-hydrogen) atoms. The number of hydrogen-bond acceptors (Lipinski definition) is 5. The van der Waals surface area contributed by atoms with Crippen molar-refractivity contribution in [3.8, 4) is 0 Å². The van der Waals surface area contributed by atoms with Gasteiger partial charge in [-0.15, -0.1) is 0 Å². The van der Waals surface area contributed by atoms with Gasteiger partial charge in [0.05, 0.1) is 0 Å². The van der Waals surface area contributed by atoms with Crippen LogP contribution in [0, 0.1) is 0 Å². The topological polar surface area (TPSA) is 103 Å². The van der Waals surface area contributed by atoms with E-state index >= 15 is 0 Å². The van der Waals surface area contributed by atoms with Crippen LogP contribution in [-0.2, 0) is 26.4 Å². The van der Waals surface area contributed by atoms with Crippen LogP contribution in [0.3, 0.4) is 0 Å². The second-order valence-electron chi connectivity index (χ2n) is 0.447. The van der Waals surface area contributed by atoms with Crippen molar-refractivity contribution in [1.82, 2.24) is 0 Å². The van der Waals surface area contributed by atoms with Gasteiger partial charge in [0.2, 0.25) is 0 Å². The number of carbonyl (C=O) groups is 1. The van der Waals surface area contributed by atoms with Gasteiger partial charge in [0.25, 0.3) is 0 Å². The van der Waals surface area contributed by atoms with Crippen LogP contribution < -0.4 is 14.7 Å². The average Bonchev–Trinajstić information content (AvgIpc) is 1.36. The third-order valence-electron chi connectivity index (χ3n) is 0. The fourth-order valence-corrected chi connectivity index (χ4v) is 0. The van der Waals surface area contributed by atoms with Crippen molar-refractivity contribution in [2.75, 3.05) is 0 Å². The van der Waals surface area contributed by atoms with E-state index in [9.17, 15) is 0 Å². The first-order valence-electron chi connectivity index (χ1n) is 1.02. The summed E-state index contributed by atoms with van der Waals surface area (Å²) in [5.41, 5.74) is 0. The van der Waals surface area contributed by atoms with E-state index in [0.717, 1.165) is 0 Å². The Kier molecular flexibility index (Phi) is 14.4. The molecule has 0 amide bonds. The van der Waals surface area contributed by atoms with Crippen molar-refractivity contribution in [3.63, 3.8) is 0 Å². The second-order valence-corrected chi connectivity index (χ2v) is 1.34. The minimum absolute atomic E-state index is 0. The largest absolute Gasteiger partial charge is 3.00 e. The van der Waals surface area contributed by atoms with Gasteiger partial charge in [-0.1, -0.05) is 0 Å². The maximum atomic E-state index is 8.55. The molecule has 0 N–H and O–H groups in total. The maximum Gasteiger partial charge on any atom is 3.00 e. The van der Waals surface area contributed by atoms with Gasteiger partial charge in [-0.2, -0.15) is 7.82 Å². The summed E-state index contributed by atoms with van der Waals surface area (Å²) >= 11 is 0. The summed E-state index contributed by atoms with van der Waals surface area (Å²) in [6, 6.07) is 0. The second kappa shape index (κ2) is 7.30. The van der Waals surface area contributed by atoms with Crippen molar-refractivity contribution in [1.29, 1.82) is 0 Å². The Morgan fingerprint density at radius 2 is 1.12 bits per heavy atom. The van der Waals surface area contributed by atoms with E-state index in [1.54, 1.807) is 0 Å². The maximum absolute atomic E-state index is 8.55. The van der Waals surface area contributed by atoms with Gasteiger partial charge >= 0.3 is 17.1 Å². The van der Waals surface area contributed by atoms with E-state index in [0.29, 0.717) is 0 Å². The molecule has 7 heteroatoms. The number of carbonyl (C=O) groups excluding carboxylic acids is 1. The monoisotopic (exact) mass is 181 g/mol. The molecule has 0 saturated heterocycles. The molecule has 0 aromatic rings. The van der Waals surface area contributed by atoms with E-state index in [1.807, 2.05) is 6.79 Å². The molecular weight excluding hydrogens is 179 g/mol. The fraction of sp³-hybridized carbons (Fsp3) is 0. The number of hydrogen-bond donors (Lipinski definition) is 0. The van der Waals surface area contributed by atoms with Crippen LogP contribution in [0.2, 0.25) is 0 Å². The van der Waals surface area contributed by atoms with E-state index in [1.165, 1.54) is 0 Å². The van der Waals surface area contributed by atoms with Crippen LogP contribution >= 0.6 is 7.82 Å². The zero-order valence-corrected chi connectivity index (χ0v) is 5.55. The summed E-state index contributed by atoms with van der Waals surface area (Å²) < 4.78 is 8.55. The standard InChI is InChI=1S/CH2O.Fe.H3O4P/c1-2;;1-5(2,3)4/h1H2;;(H3,1,2,3,4)/q;+3;/p-3. The van der Waals surface area contributed by atoms with Gasteiger partial charge in [0, 0.05) is 0 Å². The van der Waals surface area contributed by atoms with Gasteiger partial charge in [-0.05, 0) is 0 Å². The summed E-state index contributed by atoms with van der Waals surface area (Å²) in [6.45, 7) is 2.00. The van der Waals surface area contributed by atoms with Gasteiger partial charge in [0.1, 0.15) is 6.79 Å². The Morgan fingerprint density at radius 3 is 1.12 bits per heavy atom. The molecule has 0 aliphatic carbocycles. The zero-order chi connectivity index (χ0) is 6.50. The zero-order valence-electron chi connectivity index (χ0n) is 3.55. The van der Waals surface area contributed by atoms with Gasteiger partial charge in [-0.25, -0.2) is 0 Å². The molecule has 0 saturated carbocycles. The predicted octanol–water partition coefficient (Wildman–Crippen LogP) is -3.01. The molecule has 49 valence electrons. The molecule has 0 aromatic carbocycles. The van der Waals surface area contributed by atoms with Crippen molar-refractivity contribution < 1.29 is 41.1 Å². The molecule has 0 aliphatic heterocycles. The molecule has 0 fully saturated rings. The summed E-state index contributed by atoms with van der Waals surface area (Å²) in [7, 11) is -5.39. The van der Waals surface area contributed by atoms with E-state index < -0.39 is 7.82 Å². The Morgan fingerprint density at radius 1 is 1.12 bits per heavy atom. The number of rotatable bonds is 0. The SMILES string of the molecule is C=O.O=P([O-])([O-])[O-].[Fe+3]. The quantitative estimate of drug-likeness (QED) is 0.292. The molecule has 0 spiro atoms. The summed E-state index contributed by atoms with van der Waals surface area (Å²) in [6.07, 6.45) is 0. The van der Waals surface area contributed by atoms with E-state index in [-0.39, 0.29) is 17.1 Å². The first kappa shape index (κ1) is 15.7. The Balaban J connectivity index is -0.0000000750. The van der Waals surface area contributed by atoms with Gasteiger partial charge in [-0.3, -0.25) is 0 Å². The van der Waals surface area contributed by atoms with E-state index in [4.69, 9.17) is 24.0 Å². The molecule has 0 heterocycles. The Bertz CT molecular complexity index is 68.2. The molecule has 5 nitrogen and oxygen atoms in total. The summed E-state index contributed by atoms with van der Waals surface area (Å²) in [4.78, 5) is 33.6. The molecule has 0 aromatic heterocycles. The predicted molar refractivity (Wildman–Crippen MR) is 14.7 cm³/mol. The van der Waals surface area contributed by atoms with Gasteiger partial charge < -0.3 is 24.0 Å². The normalized spacial score (nSPS) is 7.88. The van der Waals surface area contributed by atoms with Crippen molar-refractivity contribution in [2.45, 2.75) is 0 Å². The number of phosphoric acid groups is 1. The molecular formula is CH2FeO5P. The molecule has 0 unspecified atom stereocenters. The summed E-state index contributed by atoms with van der Waals surface area (Å²) in [5.74, 6) is 0.